The number of aromatic nitrogens is 1. The minimum atomic E-state index is -0.644. The zero-order valence-electron chi connectivity index (χ0n) is 13.5. The van der Waals surface area contributed by atoms with Crippen molar-refractivity contribution in [1.29, 1.82) is 0 Å². The van der Waals surface area contributed by atoms with Gasteiger partial charge >= 0.3 is 0 Å². The average Bonchev–Trinajstić information content (AvgIpc) is 3.07. The molecule has 2 N–H and O–H groups in total. The van der Waals surface area contributed by atoms with Crippen LogP contribution < -0.4 is 0 Å². The maximum absolute atomic E-state index is 12.7. The molecule has 1 aromatic rings. The third-order valence-electron chi connectivity index (χ3n) is 4.84. The number of likely N-dealkylation sites (tertiary alicyclic amines) is 1. The van der Waals surface area contributed by atoms with Gasteiger partial charge < -0.3 is 24.7 Å². The number of carboxylic acid groups (broad SMARTS) is 1. The molecular weight excluding hydrogens is 330 g/mol. The van der Waals surface area contributed by atoms with Crippen LogP contribution in [0.1, 0.15) is 29.6 Å². The van der Waals surface area contributed by atoms with Crippen LogP contribution in [0.25, 0.3) is 0 Å². The van der Waals surface area contributed by atoms with Crippen LogP contribution in [0.2, 0.25) is 0 Å². The predicted molar refractivity (Wildman–Crippen MR) is 83.7 cm³/mol. The van der Waals surface area contributed by atoms with Crippen LogP contribution in [0, 0.1) is 0 Å². The first-order valence-corrected chi connectivity index (χ1v) is 8.01. The molecule has 3 aliphatic heterocycles. The second-order valence-corrected chi connectivity index (χ2v) is 6.10. The Kier molecular flexibility index (Phi) is 4.58. The van der Waals surface area contributed by atoms with Gasteiger partial charge in [-0.15, -0.1) is 0 Å². The summed E-state index contributed by atoms with van der Waals surface area (Å²) in [6, 6.07) is 1.14. The molecule has 1 aromatic heterocycles. The summed E-state index contributed by atoms with van der Waals surface area (Å²) in [6.45, 7) is 1.62. The Hall–Kier alpha value is -2.68. The Morgan fingerprint density at radius 2 is 2.16 bits per heavy atom. The molecule has 4 rings (SSSR count). The molecular formula is C16H19N3O6. The van der Waals surface area contributed by atoms with Gasteiger partial charge in [0, 0.05) is 25.7 Å². The topological polar surface area (TPSA) is 120 Å². The van der Waals surface area contributed by atoms with E-state index in [0.717, 1.165) is 6.42 Å². The van der Waals surface area contributed by atoms with E-state index < -0.39 is 5.72 Å². The van der Waals surface area contributed by atoms with Crippen molar-refractivity contribution in [2.24, 2.45) is 0 Å². The number of ether oxygens (including phenoxy) is 1. The largest absolute Gasteiger partial charge is 0.506 e. The van der Waals surface area contributed by atoms with Crippen LogP contribution in [0.4, 0.5) is 0 Å². The number of hydrogen-bond acceptors (Lipinski definition) is 6. The third-order valence-corrected chi connectivity index (χ3v) is 4.84. The van der Waals surface area contributed by atoms with E-state index in [2.05, 4.69) is 4.98 Å². The average molecular weight is 349 g/mol. The monoisotopic (exact) mass is 349 g/mol. The highest BCUT2D eigenvalue weighted by Gasteiger charge is 2.61. The first-order chi connectivity index (χ1) is 12.0. The first kappa shape index (κ1) is 17.2. The molecule has 134 valence electrons. The minimum absolute atomic E-state index is 0.0437. The molecule has 1 spiro atoms. The molecule has 9 nitrogen and oxygen atoms in total. The Bertz CT molecular complexity index is 696. The van der Waals surface area contributed by atoms with E-state index in [0.29, 0.717) is 38.1 Å². The molecule has 0 bridgehead atoms. The fourth-order valence-electron chi connectivity index (χ4n) is 3.90. The highest BCUT2D eigenvalue weighted by molar-refractivity contribution is 5.95. The molecule has 0 radical (unpaired) electrons. The highest BCUT2D eigenvalue weighted by Crippen LogP contribution is 2.45. The zero-order chi connectivity index (χ0) is 18.0. The number of carbonyl (C=O) groups is 3. The zero-order valence-corrected chi connectivity index (χ0v) is 13.5. The Labute approximate surface area is 143 Å². The summed E-state index contributed by atoms with van der Waals surface area (Å²) >= 11 is 0. The number of aromatic hydroxyl groups is 1. The summed E-state index contributed by atoms with van der Waals surface area (Å²) in [6.07, 6.45) is 4.50. The fourth-order valence-corrected chi connectivity index (χ4v) is 3.90. The van der Waals surface area contributed by atoms with Crippen molar-refractivity contribution in [3.63, 3.8) is 0 Å². The van der Waals surface area contributed by atoms with Gasteiger partial charge in [-0.3, -0.25) is 19.4 Å². The van der Waals surface area contributed by atoms with Gasteiger partial charge in [0.05, 0.1) is 30.8 Å². The number of amides is 2. The molecule has 2 amide bonds. The lowest BCUT2D eigenvalue weighted by Gasteiger charge is -2.42. The van der Waals surface area contributed by atoms with Crippen LogP contribution >= 0.6 is 0 Å². The van der Waals surface area contributed by atoms with Crippen molar-refractivity contribution in [1.82, 2.24) is 14.8 Å². The fraction of sp³-hybridized carbons (Fsp3) is 0.500. The Morgan fingerprint density at radius 3 is 2.88 bits per heavy atom. The number of hydrogen-bond donors (Lipinski definition) is 2. The summed E-state index contributed by atoms with van der Waals surface area (Å²) in [5, 5.41) is 16.4. The Morgan fingerprint density at radius 1 is 1.40 bits per heavy atom. The van der Waals surface area contributed by atoms with Crippen LogP contribution in [-0.2, 0) is 14.3 Å². The predicted octanol–water partition coefficient (Wildman–Crippen LogP) is 0.0514. The van der Waals surface area contributed by atoms with Gasteiger partial charge in [-0.2, -0.15) is 0 Å². The van der Waals surface area contributed by atoms with E-state index >= 15 is 0 Å². The standard InChI is InChI=1S/C15H17N3O4.CH2O2/c19-11-6-10(8-16-9-11)14(21)17-4-2-15-12(17)7-13(20)18(15)3-1-5-22-15;2-1-3/h6,8-9,12,19H,1-5,7H2;1H,(H,2,3)/t12-,15+;/m1./s1. The summed E-state index contributed by atoms with van der Waals surface area (Å²) in [7, 11) is 0. The highest BCUT2D eigenvalue weighted by atomic mass is 16.5. The maximum atomic E-state index is 12.7. The van der Waals surface area contributed by atoms with Crippen LogP contribution in [0.5, 0.6) is 5.75 Å². The van der Waals surface area contributed by atoms with Gasteiger partial charge in [-0.1, -0.05) is 0 Å². The molecule has 25 heavy (non-hydrogen) atoms. The van der Waals surface area contributed by atoms with E-state index in [9.17, 15) is 14.7 Å². The Balaban J connectivity index is 0.000000569. The molecule has 0 aromatic carbocycles. The molecule has 3 fully saturated rings. The van der Waals surface area contributed by atoms with Crippen molar-refractivity contribution >= 4 is 18.3 Å². The third kappa shape index (κ3) is 2.80. The van der Waals surface area contributed by atoms with E-state index in [1.54, 1.807) is 9.80 Å². The van der Waals surface area contributed by atoms with Crippen LogP contribution in [0.15, 0.2) is 18.5 Å². The van der Waals surface area contributed by atoms with Crippen molar-refractivity contribution < 1.29 is 29.3 Å². The van der Waals surface area contributed by atoms with Crippen molar-refractivity contribution in [3.8, 4) is 5.75 Å². The van der Waals surface area contributed by atoms with Gasteiger partial charge in [0.2, 0.25) is 5.91 Å². The van der Waals surface area contributed by atoms with Gasteiger partial charge in [-0.05, 0) is 12.5 Å². The lowest BCUT2D eigenvalue weighted by Crippen LogP contribution is -2.56. The van der Waals surface area contributed by atoms with E-state index in [1.165, 1.54) is 18.5 Å². The van der Waals surface area contributed by atoms with Gasteiger partial charge in [0.25, 0.3) is 12.4 Å². The summed E-state index contributed by atoms with van der Waals surface area (Å²) < 4.78 is 5.97. The van der Waals surface area contributed by atoms with Gasteiger partial charge in [0.15, 0.2) is 5.72 Å². The number of rotatable bonds is 1. The van der Waals surface area contributed by atoms with Crippen LogP contribution in [-0.4, -0.2) is 74.7 Å². The van der Waals surface area contributed by atoms with Crippen molar-refractivity contribution in [3.05, 3.63) is 24.0 Å². The van der Waals surface area contributed by atoms with Crippen molar-refractivity contribution in [2.75, 3.05) is 19.7 Å². The number of nitrogens with zero attached hydrogens (tertiary/aromatic N) is 3. The van der Waals surface area contributed by atoms with E-state index in [1.807, 2.05) is 0 Å². The molecule has 3 saturated heterocycles. The summed E-state index contributed by atoms with van der Waals surface area (Å²) in [5.41, 5.74) is -0.311. The second kappa shape index (κ2) is 6.67. The summed E-state index contributed by atoms with van der Waals surface area (Å²) in [4.78, 5) is 40.6. The minimum Gasteiger partial charge on any atom is -0.506 e. The van der Waals surface area contributed by atoms with Crippen LogP contribution in [0.3, 0.4) is 0 Å². The molecule has 2 atom stereocenters. The number of carbonyl (C=O) groups excluding carboxylic acids is 2. The number of pyridine rings is 1. The SMILES string of the molecule is O=C(c1cncc(O)c1)N1CC[C@@]23OCCCN2C(=O)C[C@@H]13.O=CO. The molecule has 9 heteroatoms. The first-order valence-electron chi connectivity index (χ1n) is 8.01. The van der Waals surface area contributed by atoms with E-state index in [4.69, 9.17) is 14.6 Å². The second-order valence-electron chi connectivity index (χ2n) is 6.10. The lowest BCUT2D eigenvalue weighted by molar-refractivity contribution is -0.179. The molecule has 0 saturated carbocycles. The smallest absolute Gasteiger partial charge is 0.290 e. The molecule has 0 aliphatic carbocycles. The molecule has 0 unspecified atom stereocenters. The van der Waals surface area contributed by atoms with Gasteiger partial charge in [-0.25, -0.2) is 0 Å². The quantitative estimate of drug-likeness (QED) is 0.687. The normalized spacial score (nSPS) is 27.2. The molecule has 3 aliphatic rings. The maximum Gasteiger partial charge on any atom is 0.290 e. The summed E-state index contributed by atoms with van der Waals surface area (Å²) in [5.74, 6) is -0.205. The lowest BCUT2D eigenvalue weighted by atomic mass is 10.0. The van der Waals surface area contributed by atoms with E-state index in [-0.39, 0.29) is 30.1 Å². The van der Waals surface area contributed by atoms with Gasteiger partial charge in [0.1, 0.15) is 5.75 Å². The molecule has 4 heterocycles. The van der Waals surface area contributed by atoms with Crippen molar-refractivity contribution in [2.45, 2.75) is 31.0 Å².